The van der Waals surface area contributed by atoms with E-state index in [1.165, 1.54) is 32.1 Å². The topological polar surface area (TPSA) is 46.2 Å². The van der Waals surface area contributed by atoms with Gasteiger partial charge in [0, 0.05) is 25.3 Å². The van der Waals surface area contributed by atoms with Crippen molar-refractivity contribution < 1.29 is 9.59 Å². The molecule has 0 heterocycles. The van der Waals surface area contributed by atoms with Crippen molar-refractivity contribution in [3.63, 3.8) is 0 Å². The van der Waals surface area contributed by atoms with Gasteiger partial charge in [-0.2, -0.15) is 0 Å². The molecule has 0 unspecified atom stereocenters. The van der Waals surface area contributed by atoms with Gasteiger partial charge in [0.15, 0.2) is 0 Å². The van der Waals surface area contributed by atoms with Crippen LogP contribution in [0.15, 0.2) is 0 Å². The largest absolute Gasteiger partial charge is 0.356 e. The molecule has 0 aliphatic rings. The van der Waals surface area contributed by atoms with Gasteiger partial charge in [-0.1, -0.05) is 66.2 Å². The van der Waals surface area contributed by atoms with E-state index < -0.39 is 0 Å². The number of nitrogens with one attached hydrogen (secondary N) is 1. The molecule has 0 aromatic rings. The molecular formula is C19H37NO2. The van der Waals surface area contributed by atoms with E-state index in [1.54, 1.807) is 0 Å². The molecule has 0 aromatic carbocycles. The van der Waals surface area contributed by atoms with Gasteiger partial charge in [0.25, 0.3) is 0 Å². The molecule has 0 saturated carbocycles. The Balaban J connectivity index is 3.24. The Kier molecular flexibility index (Phi) is 13.2. The van der Waals surface area contributed by atoms with E-state index >= 15 is 0 Å². The Morgan fingerprint density at radius 1 is 0.727 bits per heavy atom. The Bertz CT molecular complexity index is 298. The molecule has 3 heteroatoms. The molecule has 0 aromatic heterocycles. The molecule has 0 bridgehead atoms. The molecule has 0 radical (unpaired) electrons. The molecule has 0 aliphatic carbocycles. The quantitative estimate of drug-likeness (QED) is 0.464. The molecule has 0 atom stereocenters. The summed E-state index contributed by atoms with van der Waals surface area (Å²) in [5.41, 5.74) is 0. The van der Waals surface area contributed by atoms with E-state index in [-0.39, 0.29) is 11.8 Å². The highest BCUT2D eigenvalue weighted by atomic mass is 16.1. The van der Waals surface area contributed by atoms with Crippen LogP contribution in [0.1, 0.15) is 91.9 Å². The maximum atomic E-state index is 11.5. The van der Waals surface area contributed by atoms with E-state index in [0.29, 0.717) is 18.1 Å². The lowest BCUT2D eigenvalue weighted by molar-refractivity contribution is -0.122. The molecule has 1 N–H and O–H groups in total. The number of amides is 1. The van der Waals surface area contributed by atoms with Crippen molar-refractivity contribution in [3.8, 4) is 0 Å². The van der Waals surface area contributed by atoms with Crippen LogP contribution >= 0.6 is 0 Å². The van der Waals surface area contributed by atoms with Crippen molar-refractivity contribution in [3.05, 3.63) is 0 Å². The van der Waals surface area contributed by atoms with Crippen molar-refractivity contribution >= 4 is 11.7 Å². The maximum Gasteiger partial charge on any atom is 0.220 e. The SMILES string of the molecule is CC(C)CNC(=O)CCCCCCCCCCC(=O)C(C)C. The number of carbonyl (C=O) groups is 2. The standard InChI is InChI=1S/C19H37NO2/c1-16(2)15-20-19(22)14-12-10-8-6-5-7-9-11-13-18(21)17(3)4/h16-17H,5-15H2,1-4H3,(H,20,22). The predicted molar refractivity (Wildman–Crippen MR) is 93.9 cm³/mol. The minimum absolute atomic E-state index is 0.192. The highest BCUT2D eigenvalue weighted by molar-refractivity contribution is 5.80. The van der Waals surface area contributed by atoms with Gasteiger partial charge < -0.3 is 5.32 Å². The number of unbranched alkanes of at least 4 members (excludes halogenated alkanes) is 7. The minimum atomic E-state index is 0.192. The fraction of sp³-hybridized carbons (Fsp3) is 0.895. The van der Waals surface area contributed by atoms with Gasteiger partial charge in [-0.15, -0.1) is 0 Å². The van der Waals surface area contributed by atoms with Crippen LogP contribution in [0.4, 0.5) is 0 Å². The molecule has 0 spiro atoms. The summed E-state index contributed by atoms with van der Waals surface area (Å²) in [6.45, 7) is 8.97. The van der Waals surface area contributed by atoms with Crippen LogP contribution in [0.2, 0.25) is 0 Å². The van der Waals surface area contributed by atoms with Crippen molar-refractivity contribution in [2.24, 2.45) is 11.8 Å². The Labute approximate surface area is 137 Å². The van der Waals surface area contributed by atoms with Crippen LogP contribution in [0, 0.1) is 11.8 Å². The monoisotopic (exact) mass is 311 g/mol. The summed E-state index contributed by atoms with van der Waals surface area (Å²) in [6, 6.07) is 0. The van der Waals surface area contributed by atoms with Crippen LogP contribution in [0.3, 0.4) is 0 Å². The fourth-order valence-corrected chi connectivity index (χ4v) is 2.34. The van der Waals surface area contributed by atoms with Gasteiger partial charge in [-0.25, -0.2) is 0 Å². The smallest absolute Gasteiger partial charge is 0.220 e. The summed E-state index contributed by atoms with van der Waals surface area (Å²) in [5, 5.41) is 2.96. The summed E-state index contributed by atoms with van der Waals surface area (Å²) in [5.74, 6) is 1.32. The lowest BCUT2D eigenvalue weighted by atomic mass is 10.0. The molecule has 22 heavy (non-hydrogen) atoms. The van der Waals surface area contributed by atoms with Gasteiger partial charge >= 0.3 is 0 Å². The van der Waals surface area contributed by atoms with Crippen LogP contribution in [0.5, 0.6) is 0 Å². The van der Waals surface area contributed by atoms with Crippen LogP contribution in [-0.4, -0.2) is 18.2 Å². The van der Waals surface area contributed by atoms with Crippen molar-refractivity contribution in [1.82, 2.24) is 5.32 Å². The minimum Gasteiger partial charge on any atom is -0.356 e. The second kappa shape index (κ2) is 13.8. The second-order valence-electron chi connectivity index (χ2n) is 7.15. The van der Waals surface area contributed by atoms with Gasteiger partial charge in [0.1, 0.15) is 5.78 Å². The number of ketones is 1. The Morgan fingerprint density at radius 2 is 1.18 bits per heavy atom. The zero-order valence-corrected chi connectivity index (χ0v) is 15.2. The first-order chi connectivity index (χ1) is 10.4. The van der Waals surface area contributed by atoms with E-state index in [4.69, 9.17) is 0 Å². The Hall–Kier alpha value is -0.860. The average molecular weight is 312 g/mol. The predicted octanol–water partition coefficient (Wildman–Crippen LogP) is 4.88. The third kappa shape index (κ3) is 14.1. The van der Waals surface area contributed by atoms with Crippen LogP contribution in [-0.2, 0) is 9.59 Å². The number of Topliss-reactive ketones (excluding diaryl/α,β-unsaturated/α-hetero) is 1. The first-order valence-corrected chi connectivity index (χ1v) is 9.23. The summed E-state index contributed by atoms with van der Waals surface area (Å²) in [6.07, 6.45) is 10.8. The lowest BCUT2D eigenvalue weighted by Gasteiger charge is -2.07. The molecule has 0 fully saturated rings. The zero-order chi connectivity index (χ0) is 16.8. The normalized spacial score (nSPS) is 11.2. The second-order valence-corrected chi connectivity index (χ2v) is 7.15. The van der Waals surface area contributed by atoms with Gasteiger partial charge in [0.2, 0.25) is 5.91 Å². The number of hydrogen-bond acceptors (Lipinski definition) is 2. The molecule has 130 valence electrons. The lowest BCUT2D eigenvalue weighted by Crippen LogP contribution is -2.26. The Morgan fingerprint density at radius 3 is 1.64 bits per heavy atom. The average Bonchev–Trinajstić information content (AvgIpc) is 2.46. The van der Waals surface area contributed by atoms with Crippen LogP contribution in [0.25, 0.3) is 0 Å². The van der Waals surface area contributed by atoms with Crippen molar-refractivity contribution in [2.75, 3.05) is 6.54 Å². The van der Waals surface area contributed by atoms with Gasteiger partial charge in [-0.05, 0) is 18.8 Å². The summed E-state index contributed by atoms with van der Waals surface area (Å²) < 4.78 is 0. The maximum absolute atomic E-state index is 11.5. The third-order valence-electron chi connectivity index (χ3n) is 3.93. The third-order valence-corrected chi connectivity index (χ3v) is 3.93. The van der Waals surface area contributed by atoms with E-state index in [0.717, 1.165) is 32.2 Å². The van der Waals surface area contributed by atoms with Gasteiger partial charge in [0.05, 0.1) is 0 Å². The summed E-state index contributed by atoms with van der Waals surface area (Å²) in [4.78, 5) is 23.0. The summed E-state index contributed by atoms with van der Waals surface area (Å²) in [7, 11) is 0. The zero-order valence-electron chi connectivity index (χ0n) is 15.2. The first kappa shape index (κ1) is 21.1. The fourth-order valence-electron chi connectivity index (χ4n) is 2.34. The molecule has 1 amide bonds. The number of hydrogen-bond donors (Lipinski definition) is 1. The van der Waals surface area contributed by atoms with E-state index in [2.05, 4.69) is 19.2 Å². The number of carbonyl (C=O) groups excluding carboxylic acids is 2. The molecule has 0 saturated heterocycles. The van der Waals surface area contributed by atoms with Gasteiger partial charge in [-0.3, -0.25) is 9.59 Å². The highest BCUT2D eigenvalue weighted by Crippen LogP contribution is 2.12. The van der Waals surface area contributed by atoms with E-state index in [9.17, 15) is 9.59 Å². The number of rotatable bonds is 14. The summed E-state index contributed by atoms with van der Waals surface area (Å²) >= 11 is 0. The molecular weight excluding hydrogens is 274 g/mol. The van der Waals surface area contributed by atoms with Crippen molar-refractivity contribution in [2.45, 2.75) is 91.9 Å². The highest BCUT2D eigenvalue weighted by Gasteiger charge is 2.05. The first-order valence-electron chi connectivity index (χ1n) is 9.23. The van der Waals surface area contributed by atoms with E-state index in [1.807, 2.05) is 13.8 Å². The molecule has 0 rings (SSSR count). The van der Waals surface area contributed by atoms with Crippen LogP contribution < -0.4 is 5.32 Å². The molecule has 3 nitrogen and oxygen atoms in total. The van der Waals surface area contributed by atoms with Crippen molar-refractivity contribution in [1.29, 1.82) is 0 Å². The molecule has 0 aliphatic heterocycles.